The zero-order chi connectivity index (χ0) is 22.0. The minimum Gasteiger partial charge on any atom is -0.321 e. The molecule has 1 saturated carbocycles. The number of hydrogen-bond donors (Lipinski definition) is 1. The first-order valence-corrected chi connectivity index (χ1v) is 11.5. The molecule has 31 heavy (non-hydrogen) atoms. The van der Waals surface area contributed by atoms with Crippen LogP contribution in [0, 0.1) is 6.92 Å². The topological polar surface area (TPSA) is 79.7 Å². The van der Waals surface area contributed by atoms with Crippen LogP contribution in [0.4, 0.5) is 0 Å². The fourth-order valence-corrected chi connectivity index (χ4v) is 4.63. The van der Waals surface area contributed by atoms with E-state index in [4.69, 9.17) is 0 Å². The van der Waals surface area contributed by atoms with E-state index >= 15 is 0 Å². The summed E-state index contributed by atoms with van der Waals surface area (Å²) in [5, 5.41) is 13.7. The van der Waals surface area contributed by atoms with Gasteiger partial charge in [-0.1, -0.05) is 44.4 Å². The van der Waals surface area contributed by atoms with Gasteiger partial charge in [0.15, 0.2) is 5.82 Å². The second-order valence-corrected chi connectivity index (χ2v) is 9.53. The predicted octanol–water partition coefficient (Wildman–Crippen LogP) is 4.30. The molecular formula is C24H34N6O. The molecular weight excluding hydrogens is 388 g/mol. The molecule has 2 aromatic heterocycles. The summed E-state index contributed by atoms with van der Waals surface area (Å²) in [5.41, 5.74) is 2.67. The molecule has 4 rings (SSSR count). The number of benzene rings is 1. The first-order chi connectivity index (χ1) is 14.9. The normalized spacial score (nSPS) is 15.8. The number of tetrazole rings is 1. The molecule has 1 aromatic carbocycles. The van der Waals surface area contributed by atoms with Gasteiger partial charge in [0.2, 0.25) is 0 Å². The molecule has 1 aliphatic rings. The number of H-pyrrole nitrogens is 1. The third-order valence-corrected chi connectivity index (χ3v) is 6.95. The van der Waals surface area contributed by atoms with Crippen LogP contribution in [0.25, 0.3) is 10.9 Å². The molecule has 0 saturated heterocycles. The number of hydrogen-bond acceptors (Lipinski definition) is 5. The number of aromatic amines is 1. The summed E-state index contributed by atoms with van der Waals surface area (Å²) in [6.07, 6.45) is 7.02. The van der Waals surface area contributed by atoms with Crippen molar-refractivity contribution >= 4 is 10.9 Å². The van der Waals surface area contributed by atoms with Gasteiger partial charge in [0.25, 0.3) is 5.56 Å². The molecule has 0 bridgehead atoms. The van der Waals surface area contributed by atoms with E-state index in [1.54, 1.807) is 0 Å². The standard InChI is InChI=1S/C24H34N6O/c1-5-24(3,4)30-21(26-27-28-30)16-29(20-12-7-6-8-13-20)15-19-14-18-11-9-10-17(2)22(18)25-23(19)31/h9-11,14,20H,5-8,12-13,15-16H2,1-4H3,(H,25,31). The van der Waals surface area contributed by atoms with E-state index in [9.17, 15) is 4.79 Å². The summed E-state index contributed by atoms with van der Waals surface area (Å²) in [4.78, 5) is 18.5. The lowest BCUT2D eigenvalue weighted by atomic mass is 9.93. The van der Waals surface area contributed by atoms with E-state index in [0.29, 0.717) is 19.1 Å². The molecule has 1 N–H and O–H groups in total. The van der Waals surface area contributed by atoms with Crippen LogP contribution in [-0.4, -0.2) is 36.1 Å². The van der Waals surface area contributed by atoms with Crippen LogP contribution in [0.15, 0.2) is 29.1 Å². The average molecular weight is 423 g/mol. The predicted molar refractivity (Wildman–Crippen MR) is 123 cm³/mol. The maximum Gasteiger partial charge on any atom is 0.252 e. The van der Waals surface area contributed by atoms with Crippen LogP contribution >= 0.6 is 0 Å². The number of aromatic nitrogens is 5. The third kappa shape index (κ3) is 4.56. The van der Waals surface area contributed by atoms with Gasteiger partial charge in [-0.2, -0.15) is 0 Å². The maximum absolute atomic E-state index is 13.0. The summed E-state index contributed by atoms with van der Waals surface area (Å²) >= 11 is 0. The average Bonchev–Trinajstić information content (AvgIpc) is 3.24. The van der Waals surface area contributed by atoms with E-state index in [0.717, 1.165) is 47.1 Å². The Morgan fingerprint density at radius 1 is 1.19 bits per heavy atom. The van der Waals surface area contributed by atoms with Crippen LogP contribution < -0.4 is 5.56 Å². The molecule has 0 spiro atoms. The fraction of sp³-hybridized carbons (Fsp3) is 0.583. The summed E-state index contributed by atoms with van der Waals surface area (Å²) in [6, 6.07) is 8.63. The molecule has 7 nitrogen and oxygen atoms in total. The molecule has 0 aliphatic heterocycles. The highest BCUT2D eigenvalue weighted by Gasteiger charge is 2.28. The van der Waals surface area contributed by atoms with Crippen LogP contribution in [0.2, 0.25) is 0 Å². The van der Waals surface area contributed by atoms with Crippen molar-refractivity contribution in [3.8, 4) is 0 Å². The molecule has 0 radical (unpaired) electrons. The second-order valence-electron chi connectivity index (χ2n) is 9.53. The summed E-state index contributed by atoms with van der Waals surface area (Å²) in [7, 11) is 0. The summed E-state index contributed by atoms with van der Waals surface area (Å²) in [5.74, 6) is 0.866. The lowest BCUT2D eigenvalue weighted by Gasteiger charge is -2.34. The van der Waals surface area contributed by atoms with Gasteiger partial charge in [0.05, 0.1) is 17.6 Å². The highest BCUT2D eigenvalue weighted by atomic mass is 16.1. The van der Waals surface area contributed by atoms with Crippen LogP contribution in [0.1, 0.15) is 76.2 Å². The van der Waals surface area contributed by atoms with Crippen molar-refractivity contribution in [2.45, 2.75) is 90.9 Å². The van der Waals surface area contributed by atoms with Crippen molar-refractivity contribution in [3.05, 3.63) is 51.6 Å². The number of para-hydroxylation sites is 1. The molecule has 1 fully saturated rings. The zero-order valence-corrected chi connectivity index (χ0v) is 19.2. The van der Waals surface area contributed by atoms with E-state index in [2.05, 4.69) is 58.3 Å². The highest BCUT2D eigenvalue weighted by Crippen LogP contribution is 2.27. The zero-order valence-electron chi connectivity index (χ0n) is 19.2. The summed E-state index contributed by atoms with van der Waals surface area (Å²) in [6.45, 7) is 9.75. The molecule has 2 heterocycles. The third-order valence-electron chi connectivity index (χ3n) is 6.95. The molecule has 3 aromatic rings. The van der Waals surface area contributed by atoms with Gasteiger partial charge in [0.1, 0.15) is 0 Å². The minimum absolute atomic E-state index is 0.00362. The van der Waals surface area contributed by atoms with Crippen LogP contribution in [0.3, 0.4) is 0 Å². The van der Waals surface area contributed by atoms with Crippen LogP contribution in [-0.2, 0) is 18.6 Å². The van der Waals surface area contributed by atoms with Gasteiger partial charge < -0.3 is 4.98 Å². The molecule has 0 unspecified atom stereocenters. The molecule has 0 atom stereocenters. The number of fused-ring (bicyclic) bond motifs is 1. The Morgan fingerprint density at radius 3 is 2.71 bits per heavy atom. The lowest BCUT2D eigenvalue weighted by Crippen LogP contribution is -2.39. The minimum atomic E-state index is -0.144. The van der Waals surface area contributed by atoms with E-state index < -0.39 is 0 Å². The van der Waals surface area contributed by atoms with E-state index in [1.165, 1.54) is 19.3 Å². The SMILES string of the molecule is CCC(C)(C)n1nnnc1CN(Cc1cc2cccc(C)c2[nH]c1=O)C1CCCCC1. The Kier molecular flexibility index (Phi) is 6.23. The number of nitrogens with zero attached hydrogens (tertiary/aromatic N) is 5. The Bertz CT molecular complexity index is 1090. The van der Waals surface area contributed by atoms with E-state index in [1.807, 2.05) is 23.7 Å². The second kappa shape index (κ2) is 8.91. The Hall–Kier alpha value is -2.54. The highest BCUT2D eigenvalue weighted by molar-refractivity contribution is 5.81. The van der Waals surface area contributed by atoms with Crippen molar-refractivity contribution in [2.75, 3.05) is 0 Å². The van der Waals surface area contributed by atoms with Crippen LogP contribution in [0.5, 0.6) is 0 Å². The van der Waals surface area contributed by atoms with Crippen molar-refractivity contribution in [2.24, 2.45) is 0 Å². The van der Waals surface area contributed by atoms with Gasteiger partial charge in [-0.05, 0) is 67.5 Å². The number of aryl methyl sites for hydroxylation is 1. The Morgan fingerprint density at radius 2 is 1.97 bits per heavy atom. The van der Waals surface area contributed by atoms with Crippen molar-refractivity contribution in [3.63, 3.8) is 0 Å². The molecule has 7 heteroatoms. The Balaban J connectivity index is 1.67. The number of rotatable bonds is 7. The fourth-order valence-electron chi connectivity index (χ4n) is 4.63. The molecule has 166 valence electrons. The monoisotopic (exact) mass is 422 g/mol. The van der Waals surface area contributed by atoms with Gasteiger partial charge in [-0.3, -0.25) is 9.69 Å². The molecule has 1 aliphatic carbocycles. The number of nitrogens with one attached hydrogen (secondary N) is 1. The van der Waals surface area contributed by atoms with Gasteiger partial charge >= 0.3 is 0 Å². The Labute approximate surface area is 183 Å². The first kappa shape index (κ1) is 21.7. The number of pyridine rings is 1. The summed E-state index contributed by atoms with van der Waals surface area (Å²) < 4.78 is 1.96. The smallest absolute Gasteiger partial charge is 0.252 e. The maximum atomic E-state index is 13.0. The van der Waals surface area contributed by atoms with Crippen molar-refractivity contribution in [1.82, 2.24) is 30.1 Å². The van der Waals surface area contributed by atoms with Gasteiger partial charge in [0, 0.05) is 18.2 Å². The van der Waals surface area contributed by atoms with Crippen molar-refractivity contribution in [1.29, 1.82) is 0 Å². The van der Waals surface area contributed by atoms with Gasteiger partial charge in [-0.25, -0.2) is 4.68 Å². The van der Waals surface area contributed by atoms with E-state index in [-0.39, 0.29) is 11.1 Å². The largest absolute Gasteiger partial charge is 0.321 e. The van der Waals surface area contributed by atoms with Gasteiger partial charge in [-0.15, -0.1) is 5.10 Å². The van der Waals surface area contributed by atoms with Crippen molar-refractivity contribution < 1.29 is 0 Å². The quantitative estimate of drug-likeness (QED) is 0.614. The first-order valence-electron chi connectivity index (χ1n) is 11.5. The lowest BCUT2D eigenvalue weighted by molar-refractivity contribution is 0.129. The molecule has 0 amide bonds.